The normalized spacial score (nSPS) is 17.2. The van der Waals surface area contributed by atoms with Crippen molar-refractivity contribution in [2.45, 2.75) is 32.0 Å². The van der Waals surface area contributed by atoms with Gasteiger partial charge in [0.05, 0.1) is 11.0 Å². The summed E-state index contributed by atoms with van der Waals surface area (Å²) in [6, 6.07) is 18.3. The van der Waals surface area contributed by atoms with Crippen LogP contribution in [-0.2, 0) is 24.9 Å². The maximum atomic E-state index is 12.4. The van der Waals surface area contributed by atoms with Gasteiger partial charge in [-0.05, 0) is 24.1 Å². The van der Waals surface area contributed by atoms with E-state index >= 15 is 0 Å². The highest BCUT2D eigenvalue weighted by Crippen LogP contribution is 2.14. The minimum absolute atomic E-state index is 0.00592. The molecule has 0 saturated carbocycles. The number of nitrogens with zero attached hydrogens (tertiary/aromatic N) is 3. The van der Waals surface area contributed by atoms with E-state index in [1.54, 1.807) is 16.2 Å². The second-order valence-electron chi connectivity index (χ2n) is 7.51. The number of amides is 1. The lowest BCUT2D eigenvalue weighted by Crippen LogP contribution is -2.37. The molecule has 2 aromatic carbocycles. The molecule has 1 aliphatic heterocycles. The summed E-state index contributed by atoms with van der Waals surface area (Å²) in [4.78, 5) is 27.3. The lowest BCUT2D eigenvalue weighted by molar-refractivity contribution is -0.121. The van der Waals surface area contributed by atoms with Crippen LogP contribution in [0.15, 0.2) is 59.4 Å². The molecule has 0 bridgehead atoms. The first kappa shape index (κ1) is 18.5. The Labute approximate surface area is 164 Å². The third kappa shape index (κ3) is 3.87. The molecule has 0 aliphatic carbocycles. The molecule has 6 heteroatoms. The summed E-state index contributed by atoms with van der Waals surface area (Å²) in [6.07, 6.45) is 1.27. The van der Waals surface area contributed by atoms with Gasteiger partial charge in [-0.3, -0.25) is 18.8 Å². The van der Waals surface area contributed by atoms with Crippen molar-refractivity contribution in [2.24, 2.45) is 7.05 Å². The van der Waals surface area contributed by atoms with E-state index in [0.29, 0.717) is 13.0 Å². The Bertz CT molecular complexity index is 1020. The van der Waals surface area contributed by atoms with E-state index in [9.17, 15) is 9.59 Å². The van der Waals surface area contributed by atoms with E-state index in [4.69, 9.17) is 0 Å². The fourth-order valence-corrected chi connectivity index (χ4v) is 4.03. The molecular weight excluding hydrogens is 352 g/mol. The summed E-state index contributed by atoms with van der Waals surface area (Å²) in [5, 5.41) is 3.14. The van der Waals surface area contributed by atoms with Gasteiger partial charge in [0.15, 0.2) is 0 Å². The second-order valence-corrected chi connectivity index (χ2v) is 7.51. The van der Waals surface area contributed by atoms with Crippen molar-refractivity contribution in [1.29, 1.82) is 0 Å². The number of fused-ring (bicyclic) bond motifs is 1. The molecule has 1 atom stereocenters. The molecule has 1 unspecified atom stereocenters. The van der Waals surface area contributed by atoms with Gasteiger partial charge in [0, 0.05) is 45.7 Å². The van der Waals surface area contributed by atoms with Crippen LogP contribution >= 0.6 is 0 Å². The zero-order valence-corrected chi connectivity index (χ0v) is 16.2. The largest absolute Gasteiger partial charge is 0.352 e. The molecule has 1 aromatic heterocycles. The monoisotopic (exact) mass is 378 g/mol. The van der Waals surface area contributed by atoms with Gasteiger partial charge in [0.25, 0.3) is 0 Å². The standard InChI is InChI=1S/C22H26N4O2/c1-24-19-9-5-6-10-20(19)26(22(24)28)14-12-21(27)23-18-11-13-25(16-18)15-17-7-3-2-4-8-17/h2-10,18H,11-16H2,1H3,(H,23,27). The van der Waals surface area contributed by atoms with Crippen molar-refractivity contribution in [3.8, 4) is 0 Å². The Morgan fingerprint density at radius 1 is 1.07 bits per heavy atom. The van der Waals surface area contributed by atoms with Crippen LogP contribution in [-0.4, -0.2) is 39.1 Å². The fraction of sp³-hybridized carbons (Fsp3) is 0.364. The van der Waals surface area contributed by atoms with Crippen LogP contribution in [0.3, 0.4) is 0 Å². The van der Waals surface area contributed by atoms with E-state index in [1.165, 1.54) is 5.56 Å². The quantitative estimate of drug-likeness (QED) is 0.715. The summed E-state index contributed by atoms with van der Waals surface area (Å²) < 4.78 is 3.32. The van der Waals surface area contributed by atoms with Gasteiger partial charge in [0.1, 0.15) is 0 Å². The lowest BCUT2D eigenvalue weighted by atomic mass is 10.2. The van der Waals surface area contributed by atoms with Crippen molar-refractivity contribution in [3.05, 3.63) is 70.6 Å². The van der Waals surface area contributed by atoms with E-state index in [-0.39, 0.29) is 17.6 Å². The van der Waals surface area contributed by atoms with E-state index in [2.05, 4.69) is 34.5 Å². The highest BCUT2D eigenvalue weighted by Gasteiger charge is 2.23. The molecule has 3 aromatic rings. The Morgan fingerprint density at radius 2 is 1.79 bits per heavy atom. The van der Waals surface area contributed by atoms with Gasteiger partial charge >= 0.3 is 5.69 Å². The molecule has 1 fully saturated rings. The Hall–Kier alpha value is -2.86. The average molecular weight is 378 g/mol. The molecule has 1 amide bonds. The maximum Gasteiger partial charge on any atom is 0.328 e. The number of nitrogens with one attached hydrogen (secondary N) is 1. The number of imidazole rings is 1. The molecule has 1 saturated heterocycles. The minimum atomic E-state index is -0.0797. The Balaban J connectivity index is 1.31. The first-order valence-electron chi connectivity index (χ1n) is 9.82. The zero-order chi connectivity index (χ0) is 19.5. The van der Waals surface area contributed by atoms with Crippen LogP contribution in [0.5, 0.6) is 0 Å². The number of rotatable bonds is 6. The Kier molecular flexibility index (Phi) is 5.30. The van der Waals surface area contributed by atoms with Crippen molar-refractivity contribution in [2.75, 3.05) is 13.1 Å². The summed E-state index contributed by atoms with van der Waals surface area (Å²) in [5.41, 5.74) is 2.98. The number of aryl methyl sites for hydroxylation is 2. The van der Waals surface area contributed by atoms with Crippen molar-refractivity contribution >= 4 is 16.9 Å². The number of carbonyl (C=O) groups excluding carboxylic acids is 1. The molecule has 2 heterocycles. The van der Waals surface area contributed by atoms with Crippen LogP contribution in [0.25, 0.3) is 11.0 Å². The number of hydrogen-bond donors (Lipinski definition) is 1. The maximum absolute atomic E-state index is 12.4. The number of likely N-dealkylation sites (tertiary alicyclic amines) is 1. The lowest BCUT2D eigenvalue weighted by Gasteiger charge is -2.17. The van der Waals surface area contributed by atoms with Gasteiger partial charge in [-0.25, -0.2) is 4.79 Å². The molecular formula is C22H26N4O2. The van der Waals surface area contributed by atoms with Gasteiger partial charge < -0.3 is 5.32 Å². The van der Waals surface area contributed by atoms with Crippen LogP contribution < -0.4 is 11.0 Å². The first-order chi connectivity index (χ1) is 13.6. The molecule has 0 spiro atoms. The summed E-state index contributed by atoms with van der Waals surface area (Å²) in [7, 11) is 1.76. The van der Waals surface area contributed by atoms with Gasteiger partial charge in [-0.2, -0.15) is 0 Å². The molecule has 28 heavy (non-hydrogen) atoms. The van der Waals surface area contributed by atoms with E-state index in [1.807, 2.05) is 30.3 Å². The number of hydrogen-bond acceptors (Lipinski definition) is 3. The van der Waals surface area contributed by atoms with Crippen LogP contribution in [0.2, 0.25) is 0 Å². The molecule has 6 nitrogen and oxygen atoms in total. The van der Waals surface area contributed by atoms with Gasteiger partial charge in [-0.1, -0.05) is 42.5 Å². The van der Waals surface area contributed by atoms with Gasteiger partial charge in [-0.15, -0.1) is 0 Å². The summed E-state index contributed by atoms with van der Waals surface area (Å²) >= 11 is 0. The van der Waals surface area contributed by atoms with Crippen LogP contribution in [0, 0.1) is 0 Å². The number of benzene rings is 2. The molecule has 4 rings (SSSR count). The topological polar surface area (TPSA) is 59.3 Å². The molecule has 1 N–H and O–H groups in total. The highest BCUT2D eigenvalue weighted by molar-refractivity contribution is 5.78. The molecule has 146 valence electrons. The third-order valence-corrected chi connectivity index (χ3v) is 5.50. The first-order valence-corrected chi connectivity index (χ1v) is 9.82. The van der Waals surface area contributed by atoms with Crippen LogP contribution in [0.1, 0.15) is 18.4 Å². The van der Waals surface area contributed by atoms with Crippen molar-refractivity contribution in [1.82, 2.24) is 19.4 Å². The smallest absolute Gasteiger partial charge is 0.328 e. The van der Waals surface area contributed by atoms with E-state index < -0.39 is 0 Å². The van der Waals surface area contributed by atoms with Crippen LogP contribution in [0.4, 0.5) is 0 Å². The van der Waals surface area contributed by atoms with Gasteiger partial charge in [0.2, 0.25) is 5.91 Å². The highest BCUT2D eigenvalue weighted by atomic mass is 16.2. The SMILES string of the molecule is Cn1c(=O)n(CCC(=O)NC2CCN(Cc3ccccc3)C2)c2ccccc21. The van der Waals surface area contributed by atoms with Crippen molar-refractivity contribution < 1.29 is 4.79 Å². The third-order valence-electron chi connectivity index (χ3n) is 5.50. The molecule has 1 aliphatic rings. The second kappa shape index (κ2) is 8.02. The number of carbonyl (C=O) groups is 1. The Morgan fingerprint density at radius 3 is 2.57 bits per heavy atom. The van der Waals surface area contributed by atoms with E-state index in [0.717, 1.165) is 37.1 Å². The van der Waals surface area contributed by atoms with Crippen molar-refractivity contribution in [3.63, 3.8) is 0 Å². The minimum Gasteiger partial charge on any atom is -0.352 e. The summed E-state index contributed by atoms with van der Waals surface area (Å²) in [5.74, 6) is 0.00592. The predicted molar refractivity (Wildman–Crippen MR) is 110 cm³/mol. The number of aromatic nitrogens is 2. The number of para-hydroxylation sites is 2. The molecule has 0 radical (unpaired) electrons. The zero-order valence-electron chi connectivity index (χ0n) is 16.2. The predicted octanol–water partition coefficient (Wildman–Crippen LogP) is 2.12. The summed E-state index contributed by atoms with van der Waals surface area (Å²) in [6.45, 7) is 3.17. The fourth-order valence-electron chi connectivity index (χ4n) is 4.03. The average Bonchev–Trinajstić information content (AvgIpc) is 3.24.